The molecule has 1 heterocycles. The van der Waals surface area contributed by atoms with Crippen molar-refractivity contribution in [3.8, 4) is 5.75 Å². The number of rotatable bonds is 7. The SMILES string of the molecule is CCOc1ccccc1N1C(=O)C(Nc2ccc(NC(C)=O)cc2)=C(c2ccc(F)cc2)C1=O. The summed E-state index contributed by atoms with van der Waals surface area (Å²) < 4.78 is 19.2. The van der Waals surface area contributed by atoms with E-state index in [1.807, 2.05) is 6.92 Å². The number of halogens is 1. The van der Waals surface area contributed by atoms with Gasteiger partial charge < -0.3 is 15.4 Å². The second-order valence-corrected chi connectivity index (χ2v) is 7.49. The molecule has 1 aliphatic heterocycles. The van der Waals surface area contributed by atoms with Crippen LogP contribution >= 0.6 is 0 Å². The third-order valence-corrected chi connectivity index (χ3v) is 5.10. The molecule has 172 valence electrons. The van der Waals surface area contributed by atoms with Gasteiger partial charge in [0.2, 0.25) is 5.91 Å². The second-order valence-electron chi connectivity index (χ2n) is 7.49. The van der Waals surface area contributed by atoms with Crippen LogP contribution in [0.2, 0.25) is 0 Å². The molecule has 0 fully saturated rings. The number of carbonyl (C=O) groups excluding carboxylic acids is 3. The average Bonchev–Trinajstić information content (AvgIpc) is 3.05. The van der Waals surface area contributed by atoms with Crippen molar-refractivity contribution in [2.45, 2.75) is 13.8 Å². The zero-order valence-electron chi connectivity index (χ0n) is 18.6. The Balaban J connectivity index is 1.76. The Morgan fingerprint density at radius 1 is 0.912 bits per heavy atom. The van der Waals surface area contributed by atoms with E-state index in [1.165, 1.54) is 31.2 Å². The smallest absolute Gasteiger partial charge is 0.282 e. The molecule has 0 bridgehead atoms. The fraction of sp³-hybridized carbons (Fsp3) is 0.115. The summed E-state index contributed by atoms with van der Waals surface area (Å²) in [6.07, 6.45) is 0. The minimum absolute atomic E-state index is 0.0511. The second kappa shape index (κ2) is 9.58. The first-order chi connectivity index (χ1) is 16.4. The number of ether oxygens (including phenoxy) is 1. The largest absolute Gasteiger partial charge is 0.492 e. The summed E-state index contributed by atoms with van der Waals surface area (Å²) in [5.41, 5.74) is 2.00. The molecular formula is C26H22FN3O4. The van der Waals surface area contributed by atoms with E-state index < -0.39 is 17.6 Å². The summed E-state index contributed by atoms with van der Waals surface area (Å²) in [4.78, 5) is 39.4. The first-order valence-corrected chi connectivity index (χ1v) is 10.6. The van der Waals surface area contributed by atoms with Crippen molar-refractivity contribution in [3.05, 3.63) is 89.9 Å². The number of hydrogen-bond acceptors (Lipinski definition) is 5. The lowest BCUT2D eigenvalue weighted by atomic mass is 10.0. The van der Waals surface area contributed by atoms with Crippen LogP contribution in [0.4, 0.5) is 21.5 Å². The molecule has 4 rings (SSSR count). The molecule has 0 aliphatic carbocycles. The summed E-state index contributed by atoms with van der Waals surface area (Å²) in [7, 11) is 0. The molecule has 0 aromatic heterocycles. The zero-order chi connectivity index (χ0) is 24.2. The van der Waals surface area contributed by atoms with E-state index in [4.69, 9.17) is 4.74 Å². The van der Waals surface area contributed by atoms with Crippen molar-refractivity contribution in [2.24, 2.45) is 0 Å². The number of para-hydroxylation sites is 2. The molecule has 8 heteroatoms. The quantitative estimate of drug-likeness (QED) is 0.505. The number of nitrogens with zero attached hydrogens (tertiary/aromatic N) is 1. The van der Waals surface area contributed by atoms with Gasteiger partial charge in [0.05, 0.1) is 17.9 Å². The predicted octanol–water partition coefficient (Wildman–Crippen LogP) is 4.58. The summed E-state index contributed by atoms with van der Waals surface area (Å²) in [6, 6.07) is 18.8. The Hall–Kier alpha value is -4.46. The van der Waals surface area contributed by atoms with Crippen LogP contribution in [-0.2, 0) is 14.4 Å². The van der Waals surface area contributed by atoms with Crippen molar-refractivity contribution >= 4 is 40.4 Å². The van der Waals surface area contributed by atoms with Crippen molar-refractivity contribution < 1.29 is 23.5 Å². The molecule has 2 N–H and O–H groups in total. The van der Waals surface area contributed by atoms with Gasteiger partial charge in [0.1, 0.15) is 17.3 Å². The highest BCUT2D eigenvalue weighted by atomic mass is 19.1. The monoisotopic (exact) mass is 459 g/mol. The number of anilines is 3. The van der Waals surface area contributed by atoms with Gasteiger partial charge in [-0.2, -0.15) is 0 Å². The molecule has 0 spiro atoms. The van der Waals surface area contributed by atoms with Crippen LogP contribution in [0.25, 0.3) is 5.57 Å². The summed E-state index contributed by atoms with van der Waals surface area (Å²) in [6.45, 7) is 3.57. The van der Waals surface area contributed by atoms with Crippen LogP contribution in [0.5, 0.6) is 5.75 Å². The van der Waals surface area contributed by atoms with Crippen molar-refractivity contribution in [1.82, 2.24) is 0 Å². The van der Waals surface area contributed by atoms with Gasteiger partial charge in [0, 0.05) is 18.3 Å². The molecule has 7 nitrogen and oxygen atoms in total. The standard InChI is InChI=1S/C26H22FN3O4/c1-3-34-22-7-5-4-6-21(22)30-25(32)23(17-8-10-18(27)11-9-17)24(26(30)33)29-20-14-12-19(13-15-20)28-16(2)31/h4-15,29H,3H2,1-2H3,(H,28,31). The van der Waals surface area contributed by atoms with Crippen LogP contribution in [-0.4, -0.2) is 24.3 Å². The molecular weight excluding hydrogens is 437 g/mol. The van der Waals surface area contributed by atoms with E-state index in [1.54, 1.807) is 48.5 Å². The molecule has 0 saturated carbocycles. The maximum atomic E-state index is 13.6. The first-order valence-electron chi connectivity index (χ1n) is 10.6. The molecule has 0 saturated heterocycles. The van der Waals surface area contributed by atoms with Crippen molar-refractivity contribution in [2.75, 3.05) is 22.1 Å². The lowest BCUT2D eigenvalue weighted by Crippen LogP contribution is -2.32. The summed E-state index contributed by atoms with van der Waals surface area (Å²) in [5, 5.41) is 5.71. The van der Waals surface area contributed by atoms with Gasteiger partial charge in [0.25, 0.3) is 11.8 Å². The number of hydrogen-bond donors (Lipinski definition) is 2. The fourth-order valence-electron chi connectivity index (χ4n) is 3.65. The minimum atomic E-state index is -0.567. The lowest BCUT2D eigenvalue weighted by Gasteiger charge is -2.19. The highest BCUT2D eigenvalue weighted by Crippen LogP contribution is 2.38. The number of nitrogens with one attached hydrogen (secondary N) is 2. The van der Waals surface area contributed by atoms with Crippen molar-refractivity contribution in [3.63, 3.8) is 0 Å². The van der Waals surface area contributed by atoms with Gasteiger partial charge >= 0.3 is 0 Å². The number of amides is 3. The Kier molecular flexibility index (Phi) is 6.40. The minimum Gasteiger partial charge on any atom is -0.492 e. The van der Waals surface area contributed by atoms with Gasteiger partial charge in [-0.15, -0.1) is 0 Å². The highest BCUT2D eigenvalue weighted by Gasteiger charge is 2.41. The summed E-state index contributed by atoms with van der Waals surface area (Å²) >= 11 is 0. The predicted molar refractivity (Wildman–Crippen MR) is 128 cm³/mol. The van der Waals surface area contributed by atoms with Gasteiger partial charge in [0.15, 0.2) is 0 Å². The topological polar surface area (TPSA) is 87.7 Å². The third kappa shape index (κ3) is 4.52. The highest BCUT2D eigenvalue weighted by molar-refractivity contribution is 6.46. The maximum Gasteiger partial charge on any atom is 0.282 e. The average molecular weight is 459 g/mol. The molecule has 3 aromatic carbocycles. The Morgan fingerprint density at radius 2 is 1.56 bits per heavy atom. The molecule has 1 aliphatic rings. The van der Waals surface area contributed by atoms with E-state index in [9.17, 15) is 18.8 Å². The zero-order valence-corrected chi connectivity index (χ0v) is 18.6. The normalized spacial score (nSPS) is 13.3. The van der Waals surface area contributed by atoms with Crippen LogP contribution in [0.3, 0.4) is 0 Å². The molecule has 3 amide bonds. The summed E-state index contributed by atoms with van der Waals surface area (Å²) in [5.74, 6) is -1.39. The van der Waals surface area contributed by atoms with E-state index in [0.717, 1.165) is 4.90 Å². The number of benzene rings is 3. The van der Waals surface area contributed by atoms with E-state index in [2.05, 4.69) is 10.6 Å². The van der Waals surface area contributed by atoms with Crippen molar-refractivity contribution in [1.29, 1.82) is 0 Å². The molecule has 3 aromatic rings. The number of carbonyl (C=O) groups is 3. The van der Waals surface area contributed by atoms with E-state index in [0.29, 0.717) is 35.0 Å². The van der Waals surface area contributed by atoms with Gasteiger partial charge in [-0.25, -0.2) is 9.29 Å². The maximum absolute atomic E-state index is 13.6. The van der Waals surface area contributed by atoms with Crippen LogP contribution in [0.1, 0.15) is 19.4 Å². The Labute approximate surface area is 195 Å². The van der Waals surface area contributed by atoms with E-state index >= 15 is 0 Å². The molecule has 0 unspecified atom stereocenters. The van der Waals surface area contributed by atoms with Gasteiger partial charge in [-0.1, -0.05) is 24.3 Å². The van der Waals surface area contributed by atoms with E-state index in [-0.39, 0.29) is 17.2 Å². The van der Waals surface area contributed by atoms with Gasteiger partial charge in [-0.3, -0.25) is 14.4 Å². The first kappa shape index (κ1) is 22.7. The molecule has 0 atom stereocenters. The third-order valence-electron chi connectivity index (χ3n) is 5.10. The lowest BCUT2D eigenvalue weighted by molar-refractivity contribution is -0.120. The fourth-order valence-corrected chi connectivity index (χ4v) is 3.65. The van der Waals surface area contributed by atoms with Crippen LogP contribution < -0.4 is 20.3 Å². The van der Waals surface area contributed by atoms with Crippen LogP contribution in [0.15, 0.2) is 78.5 Å². The van der Waals surface area contributed by atoms with Gasteiger partial charge in [-0.05, 0) is 61.0 Å². The Morgan fingerprint density at radius 3 is 2.21 bits per heavy atom. The Bertz CT molecular complexity index is 1280. The van der Waals surface area contributed by atoms with Crippen LogP contribution in [0, 0.1) is 5.82 Å². The molecule has 0 radical (unpaired) electrons. The number of imide groups is 1. The molecule has 34 heavy (non-hydrogen) atoms.